The third-order valence-electron chi connectivity index (χ3n) is 6.46. The van der Waals surface area contributed by atoms with Crippen molar-refractivity contribution in [1.29, 1.82) is 0 Å². The molecule has 0 aromatic carbocycles. The molecule has 1 saturated carbocycles. The van der Waals surface area contributed by atoms with E-state index in [0.717, 1.165) is 12.6 Å². The highest BCUT2D eigenvalue weighted by Gasteiger charge is 2.56. The molecule has 2 aliphatic heterocycles. The van der Waals surface area contributed by atoms with Crippen molar-refractivity contribution in [1.82, 2.24) is 20.1 Å². The predicted molar refractivity (Wildman–Crippen MR) is 95.7 cm³/mol. The zero-order chi connectivity index (χ0) is 15.9. The minimum atomic E-state index is 0.509. The van der Waals surface area contributed by atoms with Crippen molar-refractivity contribution < 1.29 is 0 Å². The molecule has 4 nitrogen and oxygen atoms in total. The van der Waals surface area contributed by atoms with Gasteiger partial charge >= 0.3 is 0 Å². The van der Waals surface area contributed by atoms with Crippen molar-refractivity contribution in [3.05, 3.63) is 16.6 Å². The van der Waals surface area contributed by atoms with Crippen LogP contribution in [0.3, 0.4) is 0 Å². The standard InChI is InChI=1S/C18H30N4S/c1-17(3-6-19-13-17)14-22-8-4-18(5-9-22)11-15(18)21(2)12-16-20-7-10-23-16/h7,10,15,19H,3-6,8-9,11-14H2,1-2H3. The van der Waals surface area contributed by atoms with Crippen LogP contribution in [0, 0.1) is 10.8 Å². The summed E-state index contributed by atoms with van der Waals surface area (Å²) in [6, 6.07) is 0.789. The highest BCUT2D eigenvalue weighted by molar-refractivity contribution is 7.09. The first kappa shape index (κ1) is 16.0. The average Bonchev–Trinajstić information content (AvgIpc) is 2.89. The SMILES string of the molecule is CN(Cc1nccs1)C1CC12CCN(CC1(C)CCNC1)CC2. The van der Waals surface area contributed by atoms with E-state index in [1.54, 1.807) is 11.3 Å². The van der Waals surface area contributed by atoms with Crippen molar-refractivity contribution in [2.75, 3.05) is 39.8 Å². The fourth-order valence-electron chi connectivity index (χ4n) is 4.84. The Morgan fingerprint density at radius 3 is 2.87 bits per heavy atom. The van der Waals surface area contributed by atoms with E-state index in [0.29, 0.717) is 10.8 Å². The number of thiazole rings is 1. The number of aromatic nitrogens is 1. The lowest BCUT2D eigenvalue weighted by atomic mass is 9.86. The van der Waals surface area contributed by atoms with Gasteiger partial charge in [-0.15, -0.1) is 11.3 Å². The van der Waals surface area contributed by atoms with Crippen LogP contribution in [0.2, 0.25) is 0 Å². The molecular formula is C18H30N4S. The van der Waals surface area contributed by atoms with Crippen molar-refractivity contribution in [2.24, 2.45) is 10.8 Å². The monoisotopic (exact) mass is 334 g/mol. The second-order valence-corrected chi connectivity index (χ2v) is 9.42. The summed E-state index contributed by atoms with van der Waals surface area (Å²) < 4.78 is 0. The minimum Gasteiger partial charge on any atom is -0.316 e. The second-order valence-electron chi connectivity index (χ2n) is 8.44. The summed E-state index contributed by atoms with van der Waals surface area (Å²) in [4.78, 5) is 9.72. The first-order chi connectivity index (χ1) is 11.1. The molecule has 23 heavy (non-hydrogen) atoms. The number of likely N-dealkylation sites (tertiary alicyclic amines) is 1. The Bertz CT molecular complexity index is 515. The van der Waals surface area contributed by atoms with Gasteiger partial charge in [-0.2, -0.15) is 0 Å². The van der Waals surface area contributed by atoms with E-state index in [9.17, 15) is 0 Å². The molecule has 1 aliphatic carbocycles. The zero-order valence-electron chi connectivity index (χ0n) is 14.6. The first-order valence-corrected chi connectivity index (χ1v) is 9.98. The van der Waals surface area contributed by atoms with Gasteiger partial charge < -0.3 is 10.2 Å². The van der Waals surface area contributed by atoms with Gasteiger partial charge in [-0.1, -0.05) is 6.92 Å². The molecule has 2 unspecified atom stereocenters. The molecule has 1 aromatic heterocycles. The summed E-state index contributed by atoms with van der Waals surface area (Å²) in [6.45, 7) is 9.78. The molecule has 4 rings (SSSR count). The number of hydrogen-bond acceptors (Lipinski definition) is 5. The van der Waals surface area contributed by atoms with Crippen molar-refractivity contribution >= 4 is 11.3 Å². The molecular weight excluding hydrogens is 304 g/mol. The Morgan fingerprint density at radius 2 is 2.22 bits per heavy atom. The van der Waals surface area contributed by atoms with E-state index in [1.165, 1.54) is 63.4 Å². The number of hydrogen-bond donors (Lipinski definition) is 1. The Balaban J connectivity index is 1.27. The van der Waals surface area contributed by atoms with Crippen LogP contribution in [0.5, 0.6) is 0 Å². The molecule has 3 heterocycles. The molecule has 0 bridgehead atoms. The van der Waals surface area contributed by atoms with Crippen LogP contribution >= 0.6 is 11.3 Å². The van der Waals surface area contributed by atoms with Gasteiger partial charge in [0.15, 0.2) is 0 Å². The molecule has 2 atom stereocenters. The molecule has 2 saturated heterocycles. The summed E-state index contributed by atoms with van der Waals surface area (Å²) >= 11 is 1.78. The van der Waals surface area contributed by atoms with E-state index in [1.807, 2.05) is 6.20 Å². The maximum Gasteiger partial charge on any atom is 0.107 e. The molecule has 5 heteroatoms. The van der Waals surface area contributed by atoms with E-state index < -0.39 is 0 Å². The van der Waals surface area contributed by atoms with Gasteiger partial charge in [-0.25, -0.2) is 4.98 Å². The van der Waals surface area contributed by atoms with Gasteiger partial charge in [0.05, 0.1) is 6.54 Å². The van der Waals surface area contributed by atoms with Crippen molar-refractivity contribution in [2.45, 2.75) is 45.2 Å². The van der Waals surface area contributed by atoms with Gasteiger partial charge in [0, 0.05) is 30.7 Å². The van der Waals surface area contributed by atoms with Crippen LogP contribution in [0.4, 0.5) is 0 Å². The number of nitrogens with one attached hydrogen (secondary N) is 1. The van der Waals surface area contributed by atoms with Crippen LogP contribution in [-0.2, 0) is 6.54 Å². The quantitative estimate of drug-likeness (QED) is 0.896. The van der Waals surface area contributed by atoms with Crippen LogP contribution < -0.4 is 5.32 Å². The Kier molecular flexibility index (Phi) is 4.25. The fraction of sp³-hybridized carbons (Fsp3) is 0.833. The summed E-state index contributed by atoms with van der Waals surface area (Å²) in [5.41, 5.74) is 1.13. The van der Waals surface area contributed by atoms with Crippen LogP contribution in [-0.4, -0.2) is 60.6 Å². The van der Waals surface area contributed by atoms with E-state index in [-0.39, 0.29) is 0 Å². The fourth-order valence-corrected chi connectivity index (χ4v) is 5.52. The minimum absolute atomic E-state index is 0.509. The lowest BCUT2D eigenvalue weighted by molar-refractivity contribution is 0.106. The maximum absolute atomic E-state index is 4.44. The van der Waals surface area contributed by atoms with E-state index in [4.69, 9.17) is 0 Å². The third-order valence-corrected chi connectivity index (χ3v) is 7.23. The summed E-state index contributed by atoms with van der Waals surface area (Å²) in [5, 5.41) is 6.88. The van der Waals surface area contributed by atoms with Gasteiger partial charge in [0.2, 0.25) is 0 Å². The molecule has 128 valence electrons. The Labute approximate surface area is 144 Å². The van der Waals surface area contributed by atoms with Crippen molar-refractivity contribution in [3.8, 4) is 0 Å². The summed E-state index contributed by atoms with van der Waals surface area (Å²) in [5.74, 6) is 0. The molecule has 0 radical (unpaired) electrons. The highest BCUT2D eigenvalue weighted by atomic mass is 32.1. The van der Waals surface area contributed by atoms with Crippen molar-refractivity contribution in [3.63, 3.8) is 0 Å². The van der Waals surface area contributed by atoms with Crippen LogP contribution in [0.1, 0.15) is 37.6 Å². The molecule has 1 N–H and O–H groups in total. The second kappa shape index (κ2) is 6.10. The van der Waals surface area contributed by atoms with Gasteiger partial charge in [-0.05, 0) is 63.2 Å². The van der Waals surface area contributed by atoms with Gasteiger partial charge in [0.25, 0.3) is 0 Å². The lowest BCUT2D eigenvalue weighted by Crippen LogP contribution is -2.43. The Morgan fingerprint density at radius 1 is 1.39 bits per heavy atom. The average molecular weight is 335 g/mol. The lowest BCUT2D eigenvalue weighted by Gasteiger charge is -2.38. The van der Waals surface area contributed by atoms with E-state index in [2.05, 4.69) is 39.5 Å². The van der Waals surface area contributed by atoms with Gasteiger partial charge in [-0.3, -0.25) is 4.90 Å². The smallest absolute Gasteiger partial charge is 0.107 e. The molecule has 1 aromatic rings. The van der Waals surface area contributed by atoms with E-state index >= 15 is 0 Å². The molecule has 1 spiro atoms. The number of nitrogens with zero attached hydrogens (tertiary/aromatic N) is 3. The predicted octanol–water partition coefficient (Wildman–Crippen LogP) is 2.43. The summed E-state index contributed by atoms with van der Waals surface area (Å²) in [7, 11) is 2.29. The normalized spacial score (nSPS) is 33.6. The topological polar surface area (TPSA) is 31.4 Å². The van der Waals surface area contributed by atoms with Gasteiger partial charge in [0.1, 0.15) is 5.01 Å². The highest BCUT2D eigenvalue weighted by Crippen LogP contribution is 2.56. The Hall–Kier alpha value is -0.490. The number of piperidine rings is 1. The largest absolute Gasteiger partial charge is 0.316 e. The van der Waals surface area contributed by atoms with Crippen LogP contribution in [0.25, 0.3) is 0 Å². The zero-order valence-corrected chi connectivity index (χ0v) is 15.4. The molecule has 3 fully saturated rings. The van der Waals surface area contributed by atoms with Crippen LogP contribution in [0.15, 0.2) is 11.6 Å². The molecule has 3 aliphatic rings. The summed E-state index contributed by atoms with van der Waals surface area (Å²) in [6.07, 6.45) is 7.45. The third kappa shape index (κ3) is 3.34. The molecule has 0 amide bonds. The first-order valence-electron chi connectivity index (χ1n) is 9.10. The number of rotatable bonds is 5. The maximum atomic E-state index is 4.44.